The van der Waals surface area contributed by atoms with Crippen LogP contribution in [0.1, 0.15) is 85.5 Å². The lowest BCUT2D eigenvalue weighted by atomic mass is 9.46. The molecule has 2 amide bonds. The molecule has 0 aromatic carbocycles. The van der Waals surface area contributed by atoms with Crippen molar-refractivity contribution >= 4 is 23.5 Å². The molecule has 10 heteroatoms. The number of hydrogen-bond donors (Lipinski definition) is 4. The molecule has 0 aromatic rings. The number of carboxylic acids is 1. The molecule has 1 saturated heterocycles. The third-order valence-electron chi connectivity index (χ3n) is 11.8. The maximum Gasteiger partial charge on any atom is 0.326 e. The van der Waals surface area contributed by atoms with Gasteiger partial charge in [-0.3, -0.25) is 9.59 Å². The largest absolute Gasteiger partial charge is 0.480 e. The molecule has 4 fully saturated rings. The number of carbonyl (C=O) groups excluding carboxylic acids is 2. The van der Waals surface area contributed by atoms with E-state index in [9.17, 15) is 29.7 Å². The standard InChI is InChI=1S/C33H47N3O7/c1-6-33(42)14-11-25-23-8-7-20-15-21(9-12-31(20,4)24(23)10-13-32(25,33)5)35-43-18-27(38)34-28(19(2)3)29(39)36-17-22(37)16-26(36)30(40)41/h1,15,19,22-26,28,37,42H,7-14,16-18H2,2-5H3,(H,34,38)(H,40,41)/b35-21-/t22-,23-,24-,25-,26-,28+,31+,32+,33-/m1/s1. The summed E-state index contributed by atoms with van der Waals surface area (Å²) in [6.45, 7) is 7.66. The predicted octanol–water partition coefficient (Wildman–Crippen LogP) is 2.87. The van der Waals surface area contributed by atoms with E-state index in [0.29, 0.717) is 24.2 Å². The van der Waals surface area contributed by atoms with Crippen molar-refractivity contribution in [3.05, 3.63) is 11.6 Å². The number of rotatable bonds is 7. The number of β-amino-alcohol motifs (C(OH)–C–C–N with tert-alkyl or cyclic N) is 1. The summed E-state index contributed by atoms with van der Waals surface area (Å²) in [6, 6.07) is -2.07. The van der Waals surface area contributed by atoms with E-state index < -0.39 is 41.6 Å². The van der Waals surface area contributed by atoms with E-state index in [1.54, 1.807) is 13.8 Å². The van der Waals surface area contributed by atoms with E-state index in [1.807, 2.05) is 0 Å². The van der Waals surface area contributed by atoms with Crippen molar-refractivity contribution < 1.29 is 34.5 Å². The van der Waals surface area contributed by atoms with E-state index >= 15 is 0 Å². The van der Waals surface area contributed by atoms with Crippen LogP contribution in [-0.4, -0.2) is 80.7 Å². The molecule has 43 heavy (non-hydrogen) atoms. The zero-order chi connectivity index (χ0) is 31.3. The Kier molecular flexibility index (Phi) is 8.47. The van der Waals surface area contributed by atoms with Gasteiger partial charge in [0, 0.05) is 18.4 Å². The fourth-order valence-electron chi connectivity index (χ4n) is 9.27. The Morgan fingerprint density at radius 2 is 1.88 bits per heavy atom. The van der Waals surface area contributed by atoms with Crippen LogP contribution in [0.5, 0.6) is 0 Å². The number of carboxylic acid groups (broad SMARTS) is 1. The Morgan fingerprint density at radius 1 is 1.16 bits per heavy atom. The molecule has 0 radical (unpaired) electrons. The van der Waals surface area contributed by atoms with Crippen LogP contribution in [0.2, 0.25) is 0 Å². The van der Waals surface area contributed by atoms with Crippen LogP contribution in [0.3, 0.4) is 0 Å². The first-order valence-electron chi connectivity index (χ1n) is 15.8. The van der Waals surface area contributed by atoms with E-state index in [-0.39, 0.29) is 36.3 Å². The van der Waals surface area contributed by atoms with Gasteiger partial charge in [0.2, 0.25) is 5.91 Å². The third-order valence-corrected chi connectivity index (χ3v) is 11.8. The molecule has 236 valence electrons. The zero-order valence-corrected chi connectivity index (χ0v) is 25.8. The van der Waals surface area contributed by atoms with Crippen molar-refractivity contribution in [1.29, 1.82) is 0 Å². The van der Waals surface area contributed by atoms with Crippen LogP contribution in [0.25, 0.3) is 0 Å². The van der Waals surface area contributed by atoms with Gasteiger partial charge in [-0.15, -0.1) is 6.42 Å². The Balaban J connectivity index is 1.19. The lowest BCUT2D eigenvalue weighted by Gasteiger charge is -2.58. The first-order valence-corrected chi connectivity index (χ1v) is 15.8. The summed E-state index contributed by atoms with van der Waals surface area (Å²) in [6.07, 6.45) is 14.4. The van der Waals surface area contributed by atoms with Crippen molar-refractivity contribution in [3.8, 4) is 12.3 Å². The van der Waals surface area contributed by atoms with Gasteiger partial charge in [0.15, 0.2) is 6.61 Å². The summed E-state index contributed by atoms with van der Waals surface area (Å²) >= 11 is 0. The third kappa shape index (κ3) is 5.37. The fraction of sp³-hybridized carbons (Fsp3) is 0.758. The highest BCUT2D eigenvalue weighted by atomic mass is 16.6. The molecule has 9 atom stereocenters. The summed E-state index contributed by atoms with van der Waals surface area (Å²) < 4.78 is 0. The number of aliphatic hydroxyl groups is 2. The number of nitrogens with zero attached hydrogens (tertiary/aromatic N) is 2. The molecule has 0 aromatic heterocycles. The smallest absolute Gasteiger partial charge is 0.326 e. The molecule has 0 bridgehead atoms. The fourth-order valence-corrected chi connectivity index (χ4v) is 9.27. The Labute approximate surface area is 254 Å². The molecule has 5 aliphatic rings. The van der Waals surface area contributed by atoms with Gasteiger partial charge in [-0.2, -0.15) is 0 Å². The summed E-state index contributed by atoms with van der Waals surface area (Å²) in [5.74, 6) is 1.75. The lowest BCUT2D eigenvalue weighted by molar-refractivity contribution is -0.150. The molecule has 1 aliphatic heterocycles. The maximum absolute atomic E-state index is 13.1. The second-order valence-corrected chi connectivity index (χ2v) is 14.4. The molecular weight excluding hydrogens is 550 g/mol. The van der Waals surface area contributed by atoms with Gasteiger partial charge in [-0.05, 0) is 86.5 Å². The summed E-state index contributed by atoms with van der Waals surface area (Å²) in [7, 11) is 0. The van der Waals surface area contributed by atoms with Crippen LogP contribution in [0, 0.1) is 46.8 Å². The Hall–Kier alpha value is -2.90. The highest BCUT2D eigenvalue weighted by Crippen LogP contribution is 2.67. The van der Waals surface area contributed by atoms with Crippen molar-refractivity contribution in [1.82, 2.24) is 10.2 Å². The second kappa shape index (κ2) is 11.6. The molecule has 5 rings (SSSR count). The van der Waals surface area contributed by atoms with E-state index in [2.05, 4.69) is 36.3 Å². The van der Waals surface area contributed by atoms with Gasteiger partial charge >= 0.3 is 5.97 Å². The van der Waals surface area contributed by atoms with Crippen molar-refractivity contribution in [3.63, 3.8) is 0 Å². The summed E-state index contributed by atoms with van der Waals surface area (Å²) in [4.78, 5) is 44.0. The highest BCUT2D eigenvalue weighted by Gasteiger charge is 2.63. The zero-order valence-electron chi connectivity index (χ0n) is 25.8. The Morgan fingerprint density at radius 3 is 2.56 bits per heavy atom. The van der Waals surface area contributed by atoms with Crippen molar-refractivity contribution in [2.75, 3.05) is 13.2 Å². The summed E-state index contributed by atoms with van der Waals surface area (Å²) in [5, 5.41) is 37.6. The molecule has 0 spiro atoms. The first kappa shape index (κ1) is 31.5. The first-order chi connectivity index (χ1) is 20.2. The topological polar surface area (TPSA) is 149 Å². The van der Waals surface area contributed by atoms with Gasteiger partial charge < -0.3 is 30.4 Å². The van der Waals surface area contributed by atoms with E-state index in [1.165, 1.54) is 5.57 Å². The number of likely N-dealkylation sites (tertiary alicyclic amines) is 1. The van der Waals surface area contributed by atoms with Gasteiger partial charge in [-0.25, -0.2) is 4.79 Å². The number of aliphatic carboxylic acids is 1. The van der Waals surface area contributed by atoms with Crippen molar-refractivity contribution in [2.24, 2.45) is 39.7 Å². The second-order valence-electron chi connectivity index (χ2n) is 14.4. The molecule has 4 aliphatic carbocycles. The number of terminal acetylenes is 1. The minimum Gasteiger partial charge on any atom is -0.480 e. The monoisotopic (exact) mass is 597 g/mol. The van der Waals surface area contributed by atoms with Crippen LogP contribution in [0.15, 0.2) is 16.8 Å². The number of carbonyl (C=O) groups is 3. The molecule has 3 saturated carbocycles. The van der Waals surface area contributed by atoms with Crippen LogP contribution in [0.4, 0.5) is 0 Å². The van der Waals surface area contributed by atoms with E-state index in [4.69, 9.17) is 11.3 Å². The van der Waals surface area contributed by atoms with Crippen molar-refractivity contribution in [2.45, 2.75) is 109 Å². The average molecular weight is 598 g/mol. The number of allylic oxidation sites excluding steroid dienone is 2. The van der Waals surface area contributed by atoms with Crippen LogP contribution >= 0.6 is 0 Å². The number of aliphatic hydroxyl groups excluding tert-OH is 1. The lowest BCUT2D eigenvalue weighted by Crippen LogP contribution is -2.54. The molecule has 4 N–H and O–H groups in total. The summed E-state index contributed by atoms with van der Waals surface area (Å²) in [5.41, 5.74) is 1.03. The number of amides is 2. The molecule has 1 heterocycles. The predicted molar refractivity (Wildman–Crippen MR) is 159 cm³/mol. The van der Waals surface area contributed by atoms with E-state index in [0.717, 1.165) is 55.6 Å². The van der Waals surface area contributed by atoms with Gasteiger partial charge in [0.05, 0.1) is 11.8 Å². The normalized spacial score (nSPS) is 40.1. The number of hydrogen-bond acceptors (Lipinski definition) is 7. The maximum atomic E-state index is 13.1. The van der Waals surface area contributed by atoms with Gasteiger partial charge in [-0.1, -0.05) is 44.3 Å². The highest BCUT2D eigenvalue weighted by molar-refractivity contribution is 5.96. The molecular formula is C33H47N3O7. The number of oxime groups is 1. The molecule has 10 nitrogen and oxygen atoms in total. The van der Waals surface area contributed by atoms with Gasteiger partial charge in [0.1, 0.15) is 17.7 Å². The minimum absolute atomic E-state index is 0.0362. The number of nitrogens with one attached hydrogen (secondary N) is 1. The van der Waals surface area contributed by atoms with Crippen LogP contribution in [-0.2, 0) is 19.2 Å². The average Bonchev–Trinajstić information content (AvgIpc) is 3.48. The SMILES string of the molecule is C#C[C@@]1(O)CC[C@@H]2[C@@H]3CCC4=C/C(=N\OCC(=O)N[C@H](C(=O)N5C[C@H](O)C[C@@H]5C(=O)O)C(C)C)CC[C@]4(C)[C@@H]3CC[C@@]21C. The minimum atomic E-state index is -1.18. The Bertz CT molecular complexity index is 1260. The quantitative estimate of drug-likeness (QED) is 0.261. The van der Waals surface area contributed by atoms with Crippen LogP contribution < -0.4 is 5.32 Å². The van der Waals surface area contributed by atoms with Gasteiger partial charge in [0.25, 0.3) is 5.91 Å². The number of fused-ring (bicyclic) bond motifs is 5. The molecule has 0 unspecified atom stereocenters.